The van der Waals surface area contributed by atoms with Gasteiger partial charge in [-0.15, -0.1) is 0 Å². The zero-order chi connectivity index (χ0) is 21.6. The smallest absolute Gasteiger partial charge is 0.229 e. The third-order valence-electron chi connectivity index (χ3n) is 7.19. The molecule has 0 aliphatic carbocycles. The van der Waals surface area contributed by atoms with Crippen LogP contribution in [0, 0.1) is 30.6 Å². The average molecular weight is 439 g/mol. The molecule has 0 amide bonds. The van der Waals surface area contributed by atoms with Gasteiger partial charge in [-0.3, -0.25) is 4.90 Å². The summed E-state index contributed by atoms with van der Waals surface area (Å²) in [6.07, 6.45) is 4.95. The van der Waals surface area contributed by atoms with Gasteiger partial charge in [-0.05, 0) is 69.8 Å². The van der Waals surface area contributed by atoms with Crippen molar-refractivity contribution < 1.29 is 0 Å². The summed E-state index contributed by atoms with van der Waals surface area (Å²) in [5.41, 5.74) is 2.53. The Labute approximate surface area is 188 Å². The van der Waals surface area contributed by atoms with E-state index in [9.17, 15) is 5.26 Å². The second-order valence-electron chi connectivity index (χ2n) is 9.73. The Balaban J connectivity index is 1.27. The molecule has 8 nitrogen and oxygen atoms in total. The summed E-state index contributed by atoms with van der Waals surface area (Å²) >= 11 is 1.41. The number of piperidine rings is 1. The number of likely N-dealkylation sites (tertiary alicyclic amines) is 2. The topological polar surface area (TPSA) is 84.2 Å². The summed E-state index contributed by atoms with van der Waals surface area (Å²) in [5.74, 6) is 1.55. The molecule has 0 radical (unpaired) electrons. The fraction of sp³-hybridized carbons (Fsp3) is 0.636. The Morgan fingerprint density at radius 2 is 1.94 bits per heavy atom. The van der Waals surface area contributed by atoms with E-state index in [4.69, 9.17) is 4.98 Å². The van der Waals surface area contributed by atoms with E-state index in [-0.39, 0.29) is 5.54 Å². The van der Waals surface area contributed by atoms with Crippen LogP contribution in [0.25, 0.3) is 0 Å². The number of hydrogen-bond donors (Lipinski definition) is 1. The van der Waals surface area contributed by atoms with Crippen molar-refractivity contribution in [1.29, 1.82) is 5.26 Å². The second kappa shape index (κ2) is 7.69. The first-order chi connectivity index (χ1) is 14.9. The van der Waals surface area contributed by atoms with Crippen molar-refractivity contribution in [1.82, 2.24) is 24.1 Å². The van der Waals surface area contributed by atoms with Gasteiger partial charge in [0.15, 0.2) is 0 Å². The Morgan fingerprint density at radius 3 is 2.55 bits per heavy atom. The van der Waals surface area contributed by atoms with Gasteiger partial charge in [0, 0.05) is 37.9 Å². The molecule has 1 N–H and O–H groups in total. The molecule has 0 unspecified atom stereocenters. The average Bonchev–Trinajstić information content (AvgIpc) is 3.10. The number of anilines is 3. The molecule has 0 saturated carbocycles. The minimum atomic E-state index is -0.0498. The first-order valence-electron chi connectivity index (χ1n) is 11.0. The first kappa shape index (κ1) is 20.6. The lowest BCUT2D eigenvalue weighted by molar-refractivity contribution is -0.0638. The molecule has 3 aliphatic rings. The van der Waals surface area contributed by atoms with Crippen molar-refractivity contribution in [3.8, 4) is 6.07 Å². The monoisotopic (exact) mass is 438 g/mol. The van der Waals surface area contributed by atoms with Crippen molar-refractivity contribution in [2.24, 2.45) is 5.41 Å². The Kier molecular flexibility index (Phi) is 5.12. The molecule has 2 aromatic heterocycles. The molecule has 0 aromatic carbocycles. The van der Waals surface area contributed by atoms with E-state index in [1.54, 1.807) is 0 Å². The lowest BCUT2D eigenvalue weighted by Gasteiger charge is -2.60. The zero-order valence-corrected chi connectivity index (χ0v) is 19.4. The molecule has 3 saturated heterocycles. The molecule has 5 heterocycles. The number of nitrogens with one attached hydrogen (secondary N) is 1. The predicted octanol–water partition coefficient (Wildman–Crippen LogP) is 2.79. The van der Waals surface area contributed by atoms with Gasteiger partial charge in [-0.1, -0.05) is 0 Å². The number of nitriles is 1. The highest BCUT2D eigenvalue weighted by molar-refractivity contribution is 7.10. The lowest BCUT2D eigenvalue weighted by atomic mass is 9.70. The quantitative estimate of drug-likeness (QED) is 0.763. The van der Waals surface area contributed by atoms with Gasteiger partial charge in [0.1, 0.15) is 10.8 Å². The molecule has 5 rings (SSSR count). The fourth-order valence-corrected chi connectivity index (χ4v) is 6.26. The highest BCUT2D eigenvalue weighted by atomic mass is 32.1. The van der Waals surface area contributed by atoms with Crippen LogP contribution in [-0.4, -0.2) is 76.0 Å². The van der Waals surface area contributed by atoms with Gasteiger partial charge in [0.25, 0.3) is 0 Å². The van der Waals surface area contributed by atoms with Gasteiger partial charge < -0.3 is 15.1 Å². The van der Waals surface area contributed by atoms with Crippen LogP contribution in [-0.2, 0) is 0 Å². The van der Waals surface area contributed by atoms with Crippen molar-refractivity contribution in [3.05, 3.63) is 23.5 Å². The SMILES string of the molecule is Cc1cc(Nc2ncc(C)c(N3CC(CC#N)(N4CCC5(CC4)CN(C)C5)C3)n2)sn1. The summed E-state index contributed by atoms with van der Waals surface area (Å²) < 4.78 is 4.31. The van der Waals surface area contributed by atoms with E-state index in [1.165, 1.54) is 37.5 Å². The van der Waals surface area contributed by atoms with Crippen LogP contribution in [0.1, 0.15) is 30.5 Å². The normalized spacial score (nSPS) is 22.6. The van der Waals surface area contributed by atoms with Gasteiger partial charge in [-0.25, -0.2) is 4.98 Å². The molecular weight excluding hydrogens is 408 g/mol. The third-order valence-corrected chi connectivity index (χ3v) is 7.99. The van der Waals surface area contributed by atoms with E-state index < -0.39 is 0 Å². The number of aromatic nitrogens is 3. The third kappa shape index (κ3) is 3.77. The van der Waals surface area contributed by atoms with E-state index in [2.05, 4.69) is 49.4 Å². The van der Waals surface area contributed by atoms with Crippen LogP contribution in [0.4, 0.5) is 16.8 Å². The standard InChI is InChI=1S/C22H30N8S/c1-16-11-24-20(25-18-10-17(2)27-31-18)26-19(16)29-14-22(15-29,4-7-23)30-8-5-21(6-9-30)12-28(3)13-21/h10-11H,4-6,8-9,12-15H2,1-3H3,(H,24,25,26). The number of rotatable bonds is 5. The van der Waals surface area contributed by atoms with Crippen LogP contribution < -0.4 is 10.2 Å². The van der Waals surface area contributed by atoms with Crippen LogP contribution in [0.2, 0.25) is 0 Å². The summed E-state index contributed by atoms with van der Waals surface area (Å²) in [6, 6.07) is 4.47. The zero-order valence-electron chi connectivity index (χ0n) is 18.6. The summed E-state index contributed by atoms with van der Waals surface area (Å²) in [6.45, 7) is 10.4. The highest BCUT2D eigenvalue weighted by Crippen LogP contribution is 2.44. The van der Waals surface area contributed by atoms with Crippen LogP contribution in [0.5, 0.6) is 0 Å². The minimum absolute atomic E-state index is 0.0498. The Morgan fingerprint density at radius 1 is 1.19 bits per heavy atom. The molecule has 164 valence electrons. The predicted molar refractivity (Wildman–Crippen MR) is 123 cm³/mol. The summed E-state index contributed by atoms with van der Waals surface area (Å²) in [5, 5.41) is 13.8. The molecule has 2 aromatic rings. The Hall–Kier alpha value is -2.28. The summed E-state index contributed by atoms with van der Waals surface area (Å²) in [7, 11) is 2.21. The van der Waals surface area contributed by atoms with E-state index >= 15 is 0 Å². The fourth-order valence-electron chi connectivity index (χ4n) is 5.60. The molecule has 0 atom stereocenters. The van der Waals surface area contributed by atoms with Crippen LogP contribution >= 0.6 is 11.5 Å². The molecule has 9 heteroatoms. The highest BCUT2D eigenvalue weighted by Gasteiger charge is 2.52. The van der Waals surface area contributed by atoms with E-state index in [1.807, 2.05) is 19.2 Å². The molecule has 31 heavy (non-hydrogen) atoms. The lowest BCUT2D eigenvalue weighted by Crippen LogP contribution is -2.73. The van der Waals surface area contributed by atoms with Gasteiger partial charge in [0.2, 0.25) is 5.95 Å². The second-order valence-corrected chi connectivity index (χ2v) is 10.5. The molecule has 3 aliphatic heterocycles. The van der Waals surface area contributed by atoms with Gasteiger partial charge in [-0.2, -0.15) is 14.6 Å². The van der Waals surface area contributed by atoms with Crippen LogP contribution in [0.15, 0.2) is 12.3 Å². The number of nitrogens with zero attached hydrogens (tertiary/aromatic N) is 7. The maximum atomic E-state index is 9.57. The van der Waals surface area contributed by atoms with Crippen molar-refractivity contribution in [2.75, 3.05) is 56.5 Å². The maximum Gasteiger partial charge on any atom is 0.229 e. The molecule has 3 fully saturated rings. The van der Waals surface area contributed by atoms with Crippen LogP contribution in [0.3, 0.4) is 0 Å². The van der Waals surface area contributed by atoms with Crippen molar-refractivity contribution >= 4 is 28.3 Å². The molecular formula is C22H30N8S. The maximum absolute atomic E-state index is 9.57. The largest absolute Gasteiger partial charge is 0.352 e. The molecule has 1 spiro atoms. The van der Waals surface area contributed by atoms with Gasteiger partial charge in [0.05, 0.1) is 23.7 Å². The number of aryl methyl sites for hydroxylation is 2. The van der Waals surface area contributed by atoms with E-state index in [0.29, 0.717) is 17.8 Å². The minimum Gasteiger partial charge on any atom is -0.352 e. The summed E-state index contributed by atoms with van der Waals surface area (Å²) in [4.78, 5) is 16.6. The number of hydrogen-bond acceptors (Lipinski definition) is 9. The Bertz CT molecular complexity index is 989. The van der Waals surface area contributed by atoms with E-state index in [0.717, 1.165) is 48.3 Å². The first-order valence-corrected chi connectivity index (χ1v) is 11.8. The van der Waals surface area contributed by atoms with Gasteiger partial charge >= 0.3 is 0 Å². The molecule has 0 bridgehead atoms. The van der Waals surface area contributed by atoms with Crippen molar-refractivity contribution in [3.63, 3.8) is 0 Å². The van der Waals surface area contributed by atoms with Crippen molar-refractivity contribution in [2.45, 2.75) is 38.6 Å².